The van der Waals surface area contributed by atoms with Crippen LogP contribution in [-0.2, 0) is 14.2 Å². The second-order valence-corrected chi connectivity index (χ2v) is 8.16. The quantitative estimate of drug-likeness (QED) is 0.158. The summed E-state index contributed by atoms with van der Waals surface area (Å²) in [5.41, 5.74) is 0. The summed E-state index contributed by atoms with van der Waals surface area (Å²) < 4.78 is 13.7. The van der Waals surface area contributed by atoms with E-state index in [-0.39, 0.29) is 0 Å². The second kappa shape index (κ2) is 15.0. The fraction of sp³-hybridized carbons (Fsp3) is 1.00. The standard InChI is InChI=1S/3C6H12O6/c3*7-1-2-3(8)4(9)5(10)6(11)12-2/h3*2-11H,1H2/t2*2-,3+,4+,5-,6?;2-,3+,4+,5-,6-/m111/s1. The minimum atomic E-state index is -1.57. The Bertz CT molecular complexity index is 519. The van der Waals surface area contributed by atoms with Gasteiger partial charge in [-0.1, -0.05) is 0 Å². The maximum absolute atomic E-state index is 9.12. The van der Waals surface area contributed by atoms with Gasteiger partial charge in [-0.25, -0.2) is 0 Å². The summed E-state index contributed by atoms with van der Waals surface area (Å²) in [5, 5.41) is 134. The van der Waals surface area contributed by atoms with Crippen LogP contribution in [0.1, 0.15) is 0 Å². The van der Waals surface area contributed by atoms with E-state index in [0.29, 0.717) is 0 Å². The highest BCUT2D eigenvalue weighted by Gasteiger charge is 2.44. The lowest BCUT2D eigenvalue weighted by Crippen LogP contribution is -2.58. The number of hydrogen-bond donors (Lipinski definition) is 15. The van der Waals surface area contributed by atoms with Gasteiger partial charge in [0.05, 0.1) is 19.8 Å². The number of aliphatic hydroxyl groups is 15. The summed E-state index contributed by atoms with van der Waals surface area (Å²) in [6.45, 7) is -1.58. The average Bonchev–Trinajstić information content (AvgIpc) is 2.87. The van der Waals surface area contributed by atoms with E-state index < -0.39 is 112 Å². The minimum absolute atomic E-state index is 0.526. The highest BCUT2D eigenvalue weighted by molar-refractivity contribution is 4.89. The number of aliphatic hydroxyl groups excluding tert-OH is 15. The Hall–Kier alpha value is -0.720. The third-order valence-electron chi connectivity index (χ3n) is 5.60. The largest absolute Gasteiger partial charge is 0.394 e. The molecule has 18 nitrogen and oxygen atoms in total. The van der Waals surface area contributed by atoms with E-state index in [1.807, 2.05) is 0 Å². The number of hydrogen-bond acceptors (Lipinski definition) is 18. The molecule has 3 aliphatic heterocycles. The second-order valence-electron chi connectivity index (χ2n) is 8.16. The van der Waals surface area contributed by atoms with Crippen LogP contribution in [0.4, 0.5) is 0 Å². The molecule has 3 saturated heterocycles. The third kappa shape index (κ3) is 8.14. The molecule has 0 aromatic carbocycles. The van der Waals surface area contributed by atoms with Crippen molar-refractivity contribution in [1.82, 2.24) is 0 Å². The van der Waals surface area contributed by atoms with E-state index in [1.165, 1.54) is 0 Å². The van der Waals surface area contributed by atoms with Gasteiger partial charge in [0.25, 0.3) is 0 Å². The van der Waals surface area contributed by atoms with E-state index in [2.05, 4.69) is 14.2 Å². The molecule has 36 heavy (non-hydrogen) atoms. The molecule has 3 fully saturated rings. The van der Waals surface area contributed by atoms with Crippen LogP contribution in [0.3, 0.4) is 0 Å². The van der Waals surface area contributed by atoms with Crippen molar-refractivity contribution in [2.75, 3.05) is 19.8 Å². The predicted octanol–water partition coefficient (Wildman–Crippen LogP) is -9.66. The monoisotopic (exact) mass is 540 g/mol. The van der Waals surface area contributed by atoms with Gasteiger partial charge in [0.1, 0.15) is 73.2 Å². The van der Waals surface area contributed by atoms with Gasteiger partial charge >= 0.3 is 0 Å². The summed E-state index contributed by atoms with van der Waals surface area (Å²) in [5.74, 6) is 0. The predicted molar refractivity (Wildman–Crippen MR) is 108 cm³/mol. The van der Waals surface area contributed by atoms with Gasteiger partial charge in [0.15, 0.2) is 18.9 Å². The SMILES string of the molecule is OC[C@H]1OC(O)[C@H](O)[C@@H](O)[C@H]1O.OC[C@H]1OC(O)[C@H](O)[C@@H](O)[C@H]1O.OC[C@H]1O[C@@H](O)[C@H](O)[C@@H](O)[C@H]1O. The first-order chi connectivity index (χ1) is 16.7. The van der Waals surface area contributed by atoms with Crippen molar-refractivity contribution in [2.45, 2.75) is 92.1 Å². The molecule has 0 aromatic heterocycles. The Morgan fingerprint density at radius 3 is 0.667 bits per heavy atom. The van der Waals surface area contributed by atoms with E-state index in [4.69, 9.17) is 76.6 Å². The van der Waals surface area contributed by atoms with Gasteiger partial charge in [0, 0.05) is 0 Å². The van der Waals surface area contributed by atoms with Crippen molar-refractivity contribution in [3.8, 4) is 0 Å². The molecule has 3 heterocycles. The molecule has 0 spiro atoms. The molecule has 216 valence electrons. The van der Waals surface area contributed by atoms with Crippen LogP contribution in [0.2, 0.25) is 0 Å². The van der Waals surface area contributed by atoms with Crippen LogP contribution in [0.25, 0.3) is 0 Å². The molecular formula is C18H36O18. The van der Waals surface area contributed by atoms with Crippen LogP contribution in [0, 0.1) is 0 Å². The molecule has 2 unspecified atom stereocenters. The first-order valence-electron chi connectivity index (χ1n) is 10.7. The van der Waals surface area contributed by atoms with Gasteiger partial charge in [0.2, 0.25) is 0 Å². The molecule has 15 N–H and O–H groups in total. The molecule has 15 atom stereocenters. The van der Waals surface area contributed by atoms with E-state index in [9.17, 15) is 0 Å². The number of rotatable bonds is 3. The maximum Gasteiger partial charge on any atom is 0.184 e. The van der Waals surface area contributed by atoms with Crippen LogP contribution in [0.15, 0.2) is 0 Å². The van der Waals surface area contributed by atoms with Crippen LogP contribution >= 0.6 is 0 Å². The summed E-state index contributed by atoms with van der Waals surface area (Å²) in [7, 11) is 0. The normalized spacial score (nSPS) is 49.2. The fourth-order valence-corrected chi connectivity index (χ4v) is 3.25. The zero-order chi connectivity index (χ0) is 27.9. The molecule has 0 aromatic rings. The minimum Gasteiger partial charge on any atom is -0.394 e. The summed E-state index contributed by atoms with van der Waals surface area (Å²) in [6, 6.07) is 0. The molecule has 18 heteroatoms. The zero-order valence-electron chi connectivity index (χ0n) is 18.7. The molecule has 0 radical (unpaired) electrons. The molecular weight excluding hydrogens is 504 g/mol. The molecule has 3 rings (SSSR count). The lowest BCUT2D eigenvalue weighted by atomic mass is 10.00. The topological polar surface area (TPSA) is 331 Å². The van der Waals surface area contributed by atoms with Crippen LogP contribution < -0.4 is 0 Å². The smallest absolute Gasteiger partial charge is 0.184 e. The lowest BCUT2D eigenvalue weighted by molar-refractivity contribution is -0.286. The lowest BCUT2D eigenvalue weighted by Gasteiger charge is -2.37. The molecule has 0 aliphatic carbocycles. The summed E-state index contributed by atoms with van der Waals surface area (Å²) in [6.07, 6.45) is -21.1. The van der Waals surface area contributed by atoms with Gasteiger partial charge in [-0.3, -0.25) is 0 Å². The average molecular weight is 540 g/mol. The molecule has 0 amide bonds. The Morgan fingerprint density at radius 1 is 0.306 bits per heavy atom. The van der Waals surface area contributed by atoms with Crippen molar-refractivity contribution in [2.24, 2.45) is 0 Å². The van der Waals surface area contributed by atoms with Crippen molar-refractivity contribution in [3.63, 3.8) is 0 Å². The Kier molecular flexibility index (Phi) is 13.9. The van der Waals surface area contributed by atoms with Gasteiger partial charge in [-0.2, -0.15) is 0 Å². The third-order valence-corrected chi connectivity index (χ3v) is 5.60. The fourth-order valence-electron chi connectivity index (χ4n) is 3.25. The summed E-state index contributed by atoms with van der Waals surface area (Å²) in [4.78, 5) is 0. The summed E-state index contributed by atoms with van der Waals surface area (Å²) >= 11 is 0. The first-order valence-corrected chi connectivity index (χ1v) is 10.7. The van der Waals surface area contributed by atoms with E-state index in [1.54, 1.807) is 0 Å². The Balaban J connectivity index is 0.000000270. The highest BCUT2D eigenvalue weighted by atomic mass is 16.7. The Labute approximate surface area is 203 Å². The van der Waals surface area contributed by atoms with Crippen molar-refractivity contribution >= 4 is 0 Å². The van der Waals surface area contributed by atoms with E-state index >= 15 is 0 Å². The van der Waals surface area contributed by atoms with Gasteiger partial charge < -0.3 is 90.8 Å². The number of ether oxygens (including phenoxy) is 3. The van der Waals surface area contributed by atoms with Crippen LogP contribution in [-0.4, -0.2) is 189 Å². The highest BCUT2D eigenvalue weighted by Crippen LogP contribution is 2.20. The molecule has 0 saturated carbocycles. The van der Waals surface area contributed by atoms with Crippen molar-refractivity contribution < 1.29 is 90.8 Å². The molecule has 3 aliphatic rings. The zero-order valence-corrected chi connectivity index (χ0v) is 18.7. The van der Waals surface area contributed by atoms with Crippen molar-refractivity contribution in [3.05, 3.63) is 0 Å². The van der Waals surface area contributed by atoms with Gasteiger partial charge in [-0.15, -0.1) is 0 Å². The van der Waals surface area contributed by atoms with Crippen molar-refractivity contribution in [1.29, 1.82) is 0 Å². The first kappa shape index (κ1) is 33.3. The maximum atomic E-state index is 9.12. The van der Waals surface area contributed by atoms with Gasteiger partial charge in [-0.05, 0) is 0 Å². The van der Waals surface area contributed by atoms with Crippen LogP contribution in [0.5, 0.6) is 0 Å². The van der Waals surface area contributed by atoms with E-state index in [0.717, 1.165) is 0 Å². The molecule has 0 bridgehead atoms. The Morgan fingerprint density at radius 2 is 0.500 bits per heavy atom.